The Labute approximate surface area is 141 Å². The molecule has 124 valence electrons. The Kier molecular flexibility index (Phi) is 4.51. The average Bonchev–Trinajstić information content (AvgIpc) is 3.00. The summed E-state index contributed by atoms with van der Waals surface area (Å²) in [6.45, 7) is 2.36. The van der Waals surface area contributed by atoms with Crippen LogP contribution in [0.2, 0.25) is 0 Å². The molecule has 2 aromatic carbocycles. The monoisotopic (exact) mass is 323 g/mol. The summed E-state index contributed by atoms with van der Waals surface area (Å²) in [6, 6.07) is 16.5. The lowest BCUT2D eigenvalue weighted by Crippen LogP contribution is -2.47. The minimum absolute atomic E-state index is 0.218. The van der Waals surface area contributed by atoms with Gasteiger partial charge >= 0.3 is 0 Å². The summed E-state index contributed by atoms with van der Waals surface area (Å²) >= 11 is 0. The number of carbonyl (C=O) groups excluding carboxylic acids is 2. The van der Waals surface area contributed by atoms with Crippen LogP contribution < -0.4 is 16.0 Å². The number of rotatable bonds is 5. The van der Waals surface area contributed by atoms with Gasteiger partial charge in [0.05, 0.1) is 0 Å². The Hall–Kier alpha value is -2.82. The molecule has 0 fully saturated rings. The molecule has 2 amide bonds. The smallest absolute Gasteiger partial charge is 0.248 e. The zero-order valence-corrected chi connectivity index (χ0v) is 13.6. The molecule has 2 aromatic rings. The molecule has 0 bridgehead atoms. The summed E-state index contributed by atoms with van der Waals surface area (Å²) in [4.78, 5) is 26.3. The summed E-state index contributed by atoms with van der Waals surface area (Å²) in [6.07, 6.45) is 0.901. The summed E-state index contributed by atoms with van der Waals surface area (Å²) < 4.78 is 0. The highest BCUT2D eigenvalue weighted by atomic mass is 16.2. The third-order valence-corrected chi connectivity index (χ3v) is 4.38. The number of nitrogens with zero attached hydrogens (tertiary/aromatic N) is 1. The molecule has 0 unspecified atom stereocenters. The highest BCUT2D eigenvalue weighted by Gasteiger charge is 2.33. The largest absolute Gasteiger partial charge is 0.368 e. The van der Waals surface area contributed by atoms with Gasteiger partial charge in [0, 0.05) is 12.2 Å². The second kappa shape index (κ2) is 6.74. The number of benzene rings is 2. The number of carbonyl (C=O) groups is 2. The van der Waals surface area contributed by atoms with Gasteiger partial charge in [-0.2, -0.15) is 0 Å². The van der Waals surface area contributed by atoms with Crippen molar-refractivity contribution < 1.29 is 9.59 Å². The molecule has 0 aromatic heterocycles. The number of amides is 2. The number of anilines is 1. The molecule has 5 nitrogen and oxygen atoms in total. The van der Waals surface area contributed by atoms with Crippen LogP contribution in [-0.2, 0) is 16.0 Å². The number of para-hydroxylation sites is 1. The van der Waals surface area contributed by atoms with E-state index in [4.69, 9.17) is 5.73 Å². The Bertz CT molecular complexity index is 745. The van der Waals surface area contributed by atoms with Crippen molar-refractivity contribution in [2.24, 2.45) is 5.73 Å². The first-order valence-electron chi connectivity index (χ1n) is 8.07. The van der Waals surface area contributed by atoms with Gasteiger partial charge in [-0.1, -0.05) is 48.5 Å². The van der Waals surface area contributed by atoms with Crippen molar-refractivity contribution >= 4 is 17.5 Å². The van der Waals surface area contributed by atoms with Gasteiger partial charge in [0.15, 0.2) is 0 Å². The van der Waals surface area contributed by atoms with Gasteiger partial charge in [-0.05, 0) is 30.5 Å². The number of hydrogen-bond acceptors (Lipinski definition) is 3. The van der Waals surface area contributed by atoms with E-state index in [1.165, 1.54) is 5.56 Å². The maximum absolute atomic E-state index is 12.9. The lowest BCUT2D eigenvalue weighted by atomic mass is 10.0. The number of nitrogens with one attached hydrogen (secondary N) is 1. The Morgan fingerprint density at radius 3 is 2.46 bits per heavy atom. The first-order valence-corrected chi connectivity index (χ1v) is 8.07. The van der Waals surface area contributed by atoms with E-state index >= 15 is 0 Å². The van der Waals surface area contributed by atoms with Crippen LogP contribution in [-0.4, -0.2) is 24.4 Å². The van der Waals surface area contributed by atoms with Crippen LogP contribution in [0.4, 0.5) is 5.69 Å². The van der Waals surface area contributed by atoms with E-state index in [0.717, 1.165) is 24.2 Å². The molecule has 0 radical (unpaired) electrons. The van der Waals surface area contributed by atoms with E-state index in [9.17, 15) is 9.59 Å². The van der Waals surface area contributed by atoms with Gasteiger partial charge in [-0.25, -0.2) is 0 Å². The molecule has 1 aliphatic heterocycles. The number of fused-ring (bicyclic) bond motifs is 1. The van der Waals surface area contributed by atoms with Gasteiger partial charge < -0.3 is 16.0 Å². The molecular weight excluding hydrogens is 302 g/mol. The first-order chi connectivity index (χ1) is 11.6. The number of nitrogens with two attached hydrogens (primary N) is 1. The lowest BCUT2D eigenvalue weighted by Gasteiger charge is -2.30. The fourth-order valence-electron chi connectivity index (χ4n) is 3.10. The van der Waals surface area contributed by atoms with Gasteiger partial charge in [-0.3, -0.25) is 9.59 Å². The van der Waals surface area contributed by atoms with Crippen molar-refractivity contribution in [3.63, 3.8) is 0 Å². The van der Waals surface area contributed by atoms with Crippen LogP contribution in [0.1, 0.15) is 24.1 Å². The number of hydrogen-bond donors (Lipinski definition) is 2. The van der Waals surface area contributed by atoms with E-state index in [0.29, 0.717) is 0 Å². The molecule has 1 heterocycles. The highest BCUT2D eigenvalue weighted by molar-refractivity contribution is 5.91. The Morgan fingerprint density at radius 1 is 1.08 bits per heavy atom. The fourth-order valence-corrected chi connectivity index (χ4v) is 3.10. The molecule has 3 N–H and O–H groups in total. The molecule has 5 heteroatoms. The zero-order valence-electron chi connectivity index (χ0n) is 13.6. The lowest BCUT2D eigenvalue weighted by molar-refractivity contribution is -0.127. The predicted octanol–water partition coefficient (Wildman–Crippen LogP) is 1.78. The van der Waals surface area contributed by atoms with Crippen LogP contribution in [0.5, 0.6) is 0 Å². The molecule has 0 saturated carbocycles. The van der Waals surface area contributed by atoms with Crippen molar-refractivity contribution in [3.05, 3.63) is 65.7 Å². The second-order valence-electron chi connectivity index (χ2n) is 6.02. The summed E-state index contributed by atoms with van der Waals surface area (Å²) in [5.41, 5.74) is 8.47. The van der Waals surface area contributed by atoms with Gasteiger partial charge in [0.1, 0.15) is 12.1 Å². The molecule has 3 rings (SSSR count). The van der Waals surface area contributed by atoms with Crippen LogP contribution in [0.3, 0.4) is 0 Å². The van der Waals surface area contributed by atoms with Crippen LogP contribution in [0.25, 0.3) is 0 Å². The fraction of sp³-hybridized carbons (Fsp3) is 0.263. The average molecular weight is 323 g/mol. The molecule has 0 spiro atoms. The molecule has 24 heavy (non-hydrogen) atoms. The minimum Gasteiger partial charge on any atom is -0.368 e. The Balaban J connectivity index is 1.95. The van der Waals surface area contributed by atoms with E-state index in [1.54, 1.807) is 6.92 Å². The normalized spacial score (nSPS) is 15.5. The maximum atomic E-state index is 12.9. The van der Waals surface area contributed by atoms with Gasteiger partial charge in [0.25, 0.3) is 0 Å². The molecule has 0 aliphatic carbocycles. The topological polar surface area (TPSA) is 75.4 Å². The highest BCUT2D eigenvalue weighted by Crippen LogP contribution is 2.35. The summed E-state index contributed by atoms with van der Waals surface area (Å²) in [5, 5.41) is 2.73. The van der Waals surface area contributed by atoms with Crippen LogP contribution >= 0.6 is 0 Å². The predicted molar refractivity (Wildman–Crippen MR) is 93.5 cm³/mol. The Morgan fingerprint density at radius 2 is 1.75 bits per heavy atom. The SMILES string of the molecule is C[C@H](NC(=O)[C@H](c1ccccc1)N1CCc2ccccc21)C(N)=O. The van der Waals surface area contributed by atoms with Crippen molar-refractivity contribution in [1.29, 1.82) is 0 Å². The van der Waals surface area contributed by atoms with E-state index in [1.807, 2.05) is 48.5 Å². The number of primary amides is 1. The third-order valence-electron chi connectivity index (χ3n) is 4.38. The zero-order chi connectivity index (χ0) is 17.1. The van der Waals surface area contributed by atoms with Crippen molar-refractivity contribution in [1.82, 2.24) is 5.32 Å². The quantitative estimate of drug-likeness (QED) is 0.881. The standard InChI is InChI=1S/C19H21N3O2/c1-13(18(20)23)21-19(24)17(15-8-3-2-4-9-15)22-12-11-14-7-5-6-10-16(14)22/h2-10,13,17H,11-12H2,1H3,(H2,20,23)(H,21,24)/t13-,17-/m0/s1. The van der Waals surface area contributed by atoms with E-state index in [-0.39, 0.29) is 5.91 Å². The van der Waals surface area contributed by atoms with Crippen molar-refractivity contribution in [2.45, 2.75) is 25.4 Å². The molecule has 2 atom stereocenters. The van der Waals surface area contributed by atoms with Gasteiger partial charge in [-0.15, -0.1) is 0 Å². The van der Waals surface area contributed by atoms with Crippen LogP contribution in [0.15, 0.2) is 54.6 Å². The van der Waals surface area contributed by atoms with Gasteiger partial charge in [0.2, 0.25) is 11.8 Å². The molecule has 1 aliphatic rings. The third kappa shape index (κ3) is 3.11. The first kappa shape index (κ1) is 16.1. The summed E-state index contributed by atoms with van der Waals surface area (Å²) in [7, 11) is 0. The van der Waals surface area contributed by atoms with Crippen LogP contribution in [0, 0.1) is 0 Å². The maximum Gasteiger partial charge on any atom is 0.248 e. The summed E-state index contributed by atoms with van der Waals surface area (Å²) in [5.74, 6) is -0.763. The van der Waals surface area contributed by atoms with E-state index in [2.05, 4.69) is 16.3 Å². The molecule has 0 saturated heterocycles. The van der Waals surface area contributed by atoms with Crippen molar-refractivity contribution in [3.8, 4) is 0 Å². The van der Waals surface area contributed by atoms with E-state index < -0.39 is 18.0 Å². The second-order valence-corrected chi connectivity index (χ2v) is 6.02. The van der Waals surface area contributed by atoms with Crippen molar-refractivity contribution in [2.75, 3.05) is 11.4 Å². The molecular formula is C19H21N3O2. The minimum atomic E-state index is -0.707.